The summed E-state index contributed by atoms with van der Waals surface area (Å²) in [4.78, 5) is 18.7. The lowest BCUT2D eigenvalue weighted by Crippen LogP contribution is -2.15. The van der Waals surface area contributed by atoms with Gasteiger partial charge in [-0.2, -0.15) is 18.2 Å². The number of para-hydroxylation sites is 1. The van der Waals surface area contributed by atoms with E-state index >= 15 is 0 Å². The van der Waals surface area contributed by atoms with Crippen LogP contribution in [0.4, 0.5) is 36.3 Å². The van der Waals surface area contributed by atoms with Gasteiger partial charge in [0.15, 0.2) is 0 Å². The normalized spacial score (nSPS) is 11.8. The second-order valence-corrected chi connectivity index (χ2v) is 10.7. The third-order valence-corrected chi connectivity index (χ3v) is 6.15. The van der Waals surface area contributed by atoms with Crippen LogP contribution < -0.4 is 15.9 Å². The van der Waals surface area contributed by atoms with E-state index in [4.69, 9.17) is 16.7 Å². The number of nitrogens with zero attached hydrogens (tertiary/aromatic N) is 2. The molecule has 2 aromatic carbocycles. The van der Waals surface area contributed by atoms with Crippen LogP contribution in [0.5, 0.6) is 0 Å². The highest BCUT2D eigenvalue weighted by atomic mass is 35.5. The van der Waals surface area contributed by atoms with E-state index in [1.807, 2.05) is 0 Å². The van der Waals surface area contributed by atoms with Gasteiger partial charge in [-0.1, -0.05) is 23.7 Å². The van der Waals surface area contributed by atoms with E-state index in [-0.39, 0.29) is 27.9 Å². The van der Waals surface area contributed by atoms with Crippen LogP contribution in [-0.4, -0.2) is 34.4 Å². The Bertz CT molecular complexity index is 1230. The standard InChI is InChI=1S/C20H17ClF3N4O3P/c1-32(2,31)16-6-4-3-5-15(16)27-17-13(20(22,23)24)10-25-19(28-17)26-11-7-8-12(18(29)30)14(21)9-11/h3-10H,1-2H3,(H,29,30)(H2,25,26,27,28). The van der Waals surface area contributed by atoms with Gasteiger partial charge < -0.3 is 20.3 Å². The van der Waals surface area contributed by atoms with Crippen LogP contribution in [0.1, 0.15) is 15.9 Å². The molecular formula is C20H17ClF3N4O3P. The molecular weight excluding hydrogens is 468 g/mol. The summed E-state index contributed by atoms with van der Waals surface area (Å²) in [5, 5.41) is 14.7. The van der Waals surface area contributed by atoms with Crippen LogP contribution in [-0.2, 0) is 10.7 Å². The number of benzene rings is 2. The molecule has 7 nitrogen and oxygen atoms in total. The molecule has 0 saturated carbocycles. The van der Waals surface area contributed by atoms with Crippen LogP contribution >= 0.6 is 18.7 Å². The summed E-state index contributed by atoms with van der Waals surface area (Å²) < 4.78 is 53.2. The average Bonchev–Trinajstić information content (AvgIpc) is 2.66. The van der Waals surface area contributed by atoms with E-state index in [9.17, 15) is 22.5 Å². The first-order valence-electron chi connectivity index (χ1n) is 9.02. The number of carbonyl (C=O) groups is 1. The summed E-state index contributed by atoms with van der Waals surface area (Å²) >= 11 is 5.93. The molecule has 0 unspecified atom stereocenters. The molecule has 168 valence electrons. The van der Waals surface area contributed by atoms with Crippen molar-refractivity contribution in [2.45, 2.75) is 6.18 Å². The van der Waals surface area contributed by atoms with Crippen LogP contribution in [0.3, 0.4) is 0 Å². The van der Waals surface area contributed by atoms with Gasteiger partial charge in [0.25, 0.3) is 0 Å². The first-order valence-corrected chi connectivity index (χ1v) is 12.0. The molecule has 0 radical (unpaired) electrons. The summed E-state index contributed by atoms with van der Waals surface area (Å²) in [7, 11) is -2.80. The van der Waals surface area contributed by atoms with Gasteiger partial charge in [0.2, 0.25) is 5.95 Å². The second kappa shape index (κ2) is 8.80. The van der Waals surface area contributed by atoms with Gasteiger partial charge in [0, 0.05) is 17.2 Å². The first kappa shape index (κ1) is 23.6. The molecule has 3 rings (SSSR count). The van der Waals surface area contributed by atoms with Gasteiger partial charge in [-0.05, 0) is 43.7 Å². The second-order valence-electron chi connectivity index (χ2n) is 7.07. The monoisotopic (exact) mass is 484 g/mol. The van der Waals surface area contributed by atoms with Crippen molar-refractivity contribution in [3.8, 4) is 0 Å². The number of aromatic carboxylic acids is 1. The van der Waals surface area contributed by atoms with E-state index in [0.29, 0.717) is 11.5 Å². The Kier molecular flexibility index (Phi) is 6.48. The largest absolute Gasteiger partial charge is 0.478 e. The summed E-state index contributed by atoms with van der Waals surface area (Å²) in [5.41, 5.74) is -0.741. The smallest absolute Gasteiger partial charge is 0.421 e. The third kappa shape index (κ3) is 5.38. The maximum absolute atomic E-state index is 13.5. The third-order valence-electron chi connectivity index (χ3n) is 4.29. The number of hydrogen-bond donors (Lipinski definition) is 3. The molecule has 0 atom stereocenters. The van der Waals surface area contributed by atoms with Crippen LogP contribution in [0.15, 0.2) is 48.7 Å². The SMILES string of the molecule is CP(C)(=O)c1ccccc1Nc1nc(Nc2ccc(C(=O)O)c(Cl)c2)ncc1C(F)(F)F. The Morgan fingerprint density at radius 3 is 2.41 bits per heavy atom. The molecule has 0 amide bonds. The van der Waals surface area contributed by atoms with Crippen molar-refractivity contribution in [1.82, 2.24) is 9.97 Å². The zero-order chi connectivity index (χ0) is 23.7. The highest BCUT2D eigenvalue weighted by molar-refractivity contribution is 7.70. The Hall–Kier alpha value is -3.10. The van der Waals surface area contributed by atoms with Gasteiger partial charge >= 0.3 is 12.1 Å². The van der Waals surface area contributed by atoms with E-state index in [0.717, 1.165) is 0 Å². The predicted octanol–water partition coefficient (Wildman–Crippen LogP) is 5.58. The van der Waals surface area contributed by atoms with Gasteiger partial charge in [-0.3, -0.25) is 0 Å². The Morgan fingerprint density at radius 1 is 1.12 bits per heavy atom. The number of anilines is 4. The minimum Gasteiger partial charge on any atom is -0.478 e. The quantitative estimate of drug-likeness (QED) is 0.392. The number of aromatic nitrogens is 2. The summed E-state index contributed by atoms with van der Waals surface area (Å²) in [6.45, 7) is 3.02. The molecule has 1 heterocycles. The number of carboxylic acid groups (broad SMARTS) is 1. The van der Waals surface area contributed by atoms with Crippen molar-refractivity contribution >= 4 is 53.2 Å². The molecule has 0 aliphatic carbocycles. The zero-order valence-corrected chi connectivity index (χ0v) is 18.4. The molecule has 12 heteroatoms. The minimum atomic E-state index is -4.75. The van der Waals surface area contributed by atoms with Crippen LogP contribution in [0.25, 0.3) is 0 Å². The first-order chi connectivity index (χ1) is 14.9. The van der Waals surface area contributed by atoms with Crippen molar-refractivity contribution in [2.24, 2.45) is 0 Å². The molecule has 0 bridgehead atoms. The van der Waals surface area contributed by atoms with E-state index < -0.39 is 30.7 Å². The minimum absolute atomic E-state index is 0.0664. The zero-order valence-electron chi connectivity index (χ0n) is 16.7. The summed E-state index contributed by atoms with van der Waals surface area (Å²) in [6.07, 6.45) is -4.13. The fraction of sp³-hybridized carbons (Fsp3) is 0.150. The van der Waals surface area contributed by atoms with Crippen LogP contribution in [0.2, 0.25) is 5.02 Å². The lowest BCUT2D eigenvalue weighted by atomic mass is 10.2. The Morgan fingerprint density at radius 2 is 1.81 bits per heavy atom. The van der Waals surface area contributed by atoms with Crippen molar-refractivity contribution in [1.29, 1.82) is 0 Å². The molecule has 0 fully saturated rings. The number of hydrogen-bond acceptors (Lipinski definition) is 6. The number of alkyl halides is 3. The maximum atomic E-state index is 13.5. The highest BCUT2D eigenvalue weighted by Crippen LogP contribution is 2.40. The van der Waals surface area contributed by atoms with Crippen molar-refractivity contribution < 1.29 is 27.6 Å². The molecule has 32 heavy (non-hydrogen) atoms. The molecule has 3 aromatic rings. The molecule has 3 N–H and O–H groups in total. The lowest BCUT2D eigenvalue weighted by Gasteiger charge is -2.18. The summed E-state index contributed by atoms with van der Waals surface area (Å²) in [6, 6.07) is 10.2. The Labute approximate surface area is 186 Å². The van der Waals surface area contributed by atoms with E-state index in [2.05, 4.69) is 20.6 Å². The fourth-order valence-electron chi connectivity index (χ4n) is 2.82. The number of rotatable bonds is 6. The van der Waals surface area contributed by atoms with E-state index in [1.54, 1.807) is 18.2 Å². The topological polar surface area (TPSA) is 104 Å². The summed E-state index contributed by atoms with van der Waals surface area (Å²) in [5.74, 6) is -1.95. The number of halogens is 4. The molecule has 0 saturated heterocycles. The average molecular weight is 485 g/mol. The van der Waals surface area contributed by atoms with Crippen LogP contribution in [0, 0.1) is 0 Å². The van der Waals surface area contributed by atoms with Gasteiger partial charge in [-0.15, -0.1) is 0 Å². The molecule has 0 aliphatic rings. The van der Waals surface area contributed by atoms with Crippen molar-refractivity contribution in [3.05, 3.63) is 64.8 Å². The number of carboxylic acids is 1. The Balaban J connectivity index is 2.01. The lowest BCUT2D eigenvalue weighted by molar-refractivity contribution is -0.137. The van der Waals surface area contributed by atoms with Crippen molar-refractivity contribution in [3.63, 3.8) is 0 Å². The van der Waals surface area contributed by atoms with Crippen molar-refractivity contribution in [2.75, 3.05) is 24.0 Å². The van der Waals surface area contributed by atoms with Gasteiger partial charge in [0.05, 0.1) is 16.3 Å². The molecule has 1 aromatic heterocycles. The van der Waals surface area contributed by atoms with Gasteiger partial charge in [0.1, 0.15) is 18.5 Å². The maximum Gasteiger partial charge on any atom is 0.421 e. The predicted molar refractivity (Wildman–Crippen MR) is 118 cm³/mol. The molecule has 0 aliphatic heterocycles. The molecule has 0 spiro atoms. The van der Waals surface area contributed by atoms with Gasteiger partial charge in [-0.25, -0.2) is 9.78 Å². The number of nitrogens with one attached hydrogen (secondary N) is 2. The highest BCUT2D eigenvalue weighted by Gasteiger charge is 2.35. The van der Waals surface area contributed by atoms with E-state index in [1.165, 1.54) is 37.6 Å². The fourth-order valence-corrected chi connectivity index (χ4v) is 4.23.